The van der Waals surface area contributed by atoms with Crippen molar-refractivity contribution in [1.29, 1.82) is 0 Å². The molecule has 0 aliphatic carbocycles. The Balaban J connectivity index is 1.92. The largest absolute Gasteiger partial charge is 0.481 e. The van der Waals surface area contributed by atoms with Crippen LogP contribution < -0.4 is 10.5 Å². The lowest BCUT2D eigenvalue weighted by Crippen LogP contribution is -2.23. The van der Waals surface area contributed by atoms with Crippen molar-refractivity contribution in [2.24, 2.45) is 0 Å². The van der Waals surface area contributed by atoms with Crippen LogP contribution in [-0.2, 0) is 0 Å². The van der Waals surface area contributed by atoms with Gasteiger partial charge in [-0.05, 0) is 44.5 Å². The van der Waals surface area contributed by atoms with Crippen molar-refractivity contribution in [2.45, 2.75) is 25.8 Å². The van der Waals surface area contributed by atoms with Gasteiger partial charge in [-0.2, -0.15) is 4.98 Å². The van der Waals surface area contributed by atoms with Crippen molar-refractivity contribution in [3.63, 3.8) is 0 Å². The lowest BCUT2D eigenvalue weighted by atomic mass is 10.0. The van der Waals surface area contributed by atoms with E-state index in [4.69, 9.17) is 10.5 Å². The van der Waals surface area contributed by atoms with Gasteiger partial charge >= 0.3 is 0 Å². The van der Waals surface area contributed by atoms with Crippen LogP contribution in [0.25, 0.3) is 11.3 Å². The van der Waals surface area contributed by atoms with Crippen LogP contribution in [0.4, 0.5) is 5.95 Å². The highest BCUT2D eigenvalue weighted by Gasteiger charge is 2.19. The molecule has 3 rings (SSSR count). The zero-order valence-corrected chi connectivity index (χ0v) is 13.1. The monoisotopic (exact) mass is 298 g/mol. The van der Waals surface area contributed by atoms with Gasteiger partial charge in [-0.25, -0.2) is 4.98 Å². The van der Waals surface area contributed by atoms with Crippen molar-refractivity contribution >= 4 is 5.95 Å². The van der Waals surface area contributed by atoms with Gasteiger partial charge in [-0.15, -0.1) is 0 Å². The normalized spacial score (nSPS) is 16.6. The Labute approximate surface area is 131 Å². The van der Waals surface area contributed by atoms with E-state index in [-0.39, 0.29) is 5.95 Å². The molecule has 1 saturated heterocycles. The zero-order chi connectivity index (χ0) is 15.5. The summed E-state index contributed by atoms with van der Waals surface area (Å²) in [6, 6.07) is 10.7. The van der Waals surface area contributed by atoms with E-state index >= 15 is 0 Å². The summed E-state index contributed by atoms with van der Waals surface area (Å²) in [6.07, 6.45) is 2.59. The van der Waals surface area contributed by atoms with Gasteiger partial charge in [0.15, 0.2) is 0 Å². The first-order valence-electron chi connectivity index (χ1n) is 7.70. The highest BCUT2D eigenvalue weighted by molar-refractivity contribution is 5.62. The lowest BCUT2D eigenvalue weighted by Gasteiger charge is -2.24. The number of hydrogen-bond donors (Lipinski definition) is 1. The molecule has 0 unspecified atom stereocenters. The van der Waals surface area contributed by atoms with E-state index in [9.17, 15) is 0 Å². The molecule has 22 heavy (non-hydrogen) atoms. The Morgan fingerprint density at radius 3 is 2.68 bits per heavy atom. The average Bonchev–Trinajstić information content (AvgIpc) is 3.08. The minimum Gasteiger partial charge on any atom is -0.481 e. The molecular weight excluding hydrogens is 276 g/mol. The van der Waals surface area contributed by atoms with Crippen LogP contribution in [0.15, 0.2) is 30.3 Å². The van der Waals surface area contributed by atoms with Crippen molar-refractivity contribution < 1.29 is 4.74 Å². The molecule has 0 spiro atoms. The highest BCUT2D eigenvalue weighted by atomic mass is 16.5. The summed E-state index contributed by atoms with van der Waals surface area (Å²) in [5.74, 6) is 0.716. The quantitative estimate of drug-likeness (QED) is 0.940. The predicted octanol–water partition coefficient (Wildman–Crippen LogP) is 2.89. The number of methoxy groups -OCH3 is 1. The van der Waals surface area contributed by atoms with Crippen LogP contribution in [0.3, 0.4) is 0 Å². The van der Waals surface area contributed by atoms with Crippen LogP contribution in [0.2, 0.25) is 0 Å². The lowest BCUT2D eigenvalue weighted by molar-refractivity contribution is 0.263. The number of nitrogens with zero attached hydrogens (tertiary/aromatic N) is 3. The fourth-order valence-electron chi connectivity index (χ4n) is 2.99. The van der Waals surface area contributed by atoms with Gasteiger partial charge in [-0.1, -0.05) is 18.2 Å². The molecule has 1 fully saturated rings. The summed E-state index contributed by atoms with van der Waals surface area (Å²) in [6.45, 7) is 4.62. The smallest absolute Gasteiger partial charge is 0.223 e. The molecule has 0 amide bonds. The maximum Gasteiger partial charge on any atom is 0.223 e. The first kappa shape index (κ1) is 14.8. The zero-order valence-electron chi connectivity index (χ0n) is 13.1. The number of ether oxygens (including phenoxy) is 1. The summed E-state index contributed by atoms with van der Waals surface area (Å²) in [4.78, 5) is 10.9. The predicted molar refractivity (Wildman–Crippen MR) is 87.7 cm³/mol. The summed E-state index contributed by atoms with van der Waals surface area (Å²) in [5, 5.41) is 0. The topological polar surface area (TPSA) is 64.3 Å². The van der Waals surface area contributed by atoms with Crippen molar-refractivity contribution in [2.75, 3.05) is 25.9 Å². The Morgan fingerprint density at radius 2 is 1.95 bits per heavy atom. The number of nitrogens with two attached hydrogens (primary N) is 1. The van der Waals surface area contributed by atoms with Crippen molar-refractivity contribution in [1.82, 2.24) is 14.9 Å². The van der Waals surface area contributed by atoms with Crippen LogP contribution in [0, 0.1) is 0 Å². The molecule has 1 aliphatic heterocycles. The first-order valence-corrected chi connectivity index (χ1v) is 7.70. The molecule has 5 heteroatoms. The van der Waals surface area contributed by atoms with Gasteiger partial charge < -0.3 is 10.5 Å². The second-order valence-electron chi connectivity index (χ2n) is 5.70. The summed E-state index contributed by atoms with van der Waals surface area (Å²) in [5.41, 5.74) is 8.89. The number of anilines is 1. The maximum absolute atomic E-state index is 5.76. The first-order chi connectivity index (χ1) is 10.7. The molecule has 116 valence electrons. The van der Waals surface area contributed by atoms with Gasteiger partial charge in [0.1, 0.15) is 0 Å². The molecule has 2 aromatic rings. The molecule has 2 N–H and O–H groups in total. The maximum atomic E-state index is 5.76. The van der Waals surface area contributed by atoms with E-state index in [1.807, 2.05) is 12.1 Å². The molecule has 0 saturated carbocycles. The van der Waals surface area contributed by atoms with Gasteiger partial charge in [0, 0.05) is 17.7 Å². The Bertz CT molecular complexity index is 653. The van der Waals surface area contributed by atoms with Gasteiger partial charge in [0.25, 0.3) is 0 Å². The van der Waals surface area contributed by atoms with Crippen LogP contribution in [0.5, 0.6) is 5.88 Å². The third-order valence-corrected chi connectivity index (χ3v) is 4.28. The standard InChI is InChI=1S/C17H22N4O/c1-12(21-8-3-4-9-21)13-6-5-7-14(10-13)15-11-16(22-2)20-17(18)19-15/h5-7,10-12H,3-4,8-9H2,1-2H3,(H2,18,19,20)/t12-/m1/s1. The van der Waals surface area contributed by atoms with E-state index in [0.717, 1.165) is 11.3 Å². The summed E-state index contributed by atoms with van der Waals surface area (Å²) in [7, 11) is 1.58. The number of likely N-dealkylation sites (tertiary alicyclic amines) is 1. The second-order valence-corrected chi connectivity index (χ2v) is 5.70. The fraction of sp³-hybridized carbons (Fsp3) is 0.412. The number of nitrogen functional groups attached to an aromatic ring is 1. The molecule has 1 aliphatic rings. The molecule has 2 heterocycles. The average molecular weight is 298 g/mol. The molecule has 1 atom stereocenters. The summed E-state index contributed by atoms with van der Waals surface area (Å²) >= 11 is 0. The van der Waals surface area contributed by atoms with Crippen LogP contribution >= 0.6 is 0 Å². The molecule has 1 aromatic heterocycles. The van der Waals surface area contributed by atoms with E-state index in [2.05, 4.69) is 40.0 Å². The molecule has 0 bridgehead atoms. The fourth-order valence-corrected chi connectivity index (χ4v) is 2.99. The Morgan fingerprint density at radius 1 is 1.18 bits per heavy atom. The van der Waals surface area contributed by atoms with Crippen LogP contribution in [0.1, 0.15) is 31.4 Å². The minimum absolute atomic E-state index is 0.229. The van der Waals surface area contributed by atoms with Crippen molar-refractivity contribution in [3.8, 4) is 17.1 Å². The minimum atomic E-state index is 0.229. The van der Waals surface area contributed by atoms with Gasteiger partial charge in [-0.3, -0.25) is 4.90 Å². The van der Waals surface area contributed by atoms with E-state index < -0.39 is 0 Å². The van der Waals surface area contributed by atoms with E-state index in [1.165, 1.54) is 31.5 Å². The molecular formula is C17H22N4O. The third kappa shape index (κ3) is 3.04. The number of benzene rings is 1. The number of hydrogen-bond acceptors (Lipinski definition) is 5. The second kappa shape index (κ2) is 6.32. The van der Waals surface area contributed by atoms with Crippen molar-refractivity contribution in [3.05, 3.63) is 35.9 Å². The van der Waals surface area contributed by atoms with E-state index in [0.29, 0.717) is 11.9 Å². The molecule has 0 radical (unpaired) electrons. The number of aromatic nitrogens is 2. The Hall–Kier alpha value is -2.14. The van der Waals surface area contributed by atoms with Crippen LogP contribution in [-0.4, -0.2) is 35.1 Å². The van der Waals surface area contributed by atoms with Gasteiger partial charge in [0.05, 0.1) is 12.8 Å². The highest BCUT2D eigenvalue weighted by Crippen LogP contribution is 2.28. The molecule has 1 aromatic carbocycles. The van der Waals surface area contributed by atoms with E-state index in [1.54, 1.807) is 7.11 Å². The number of rotatable bonds is 4. The van der Waals surface area contributed by atoms with Gasteiger partial charge in [0.2, 0.25) is 11.8 Å². The summed E-state index contributed by atoms with van der Waals surface area (Å²) < 4.78 is 5.18. The Kier molecular flexibility index (Phi) is 4.24. The SMILES string of the molecule is COc1cc(-c2cccc([C@@H](C)N3CCCC3)c2)nc(N)n1. The molecule has 5 nitrogen and oxygen atoms in total. The third-order valence-electron chi connectivity index (χ3n) is 4.28.